The summed E-state index contributed by atoms with van der Waals surface area (Å²) in [6.07, 6.45) is 2.72. The number of amides is 1. The monoisotopic (exact) mass is 366 g/mol. The van der Waals surface area contributed by atoms with E-state index in [0.29, 0.717) is 22.8 Å². The predicted octanol–water partition coefficient (Wildman–Crippen LogP) is 3.02. The van der Waals surface area contributed by atoms with Crippen molar-refractivity contribution in [2.45, 2.75) is 32.2 Å². The first-order valence-corrected chi connectivity index (χ1v) is 9.43. The number of aryl methyl sites for hydroxylation is 1. The second-order valence-electron chi connectivity index (χ2n) is 6.27. The highest BCUT2D eigenvalue weighted by atomic mass is 32.1. The third kappa shape index (κ3) is 3.30. The molecule has 1 amide bonds. The second kappa shape index (κ2) is 6.84. The molecule has 1 aliphatic carbocycles. The Labute approximate surface area is 154 Å². The summed E-state index contributed by atoms with van der Waals surface area (Å²) in [6, 6.07) is 11.5. The number of aromatic amines is 1. The van der Waals surface area contributed by atoms with Crippen LogP contribution >= 0.6 is 11.3 Å². The van der Waals surface area contributed by atoms with Crippen LogP contribution in [0.4, 0.5) is 0 Å². The van der Waals surface area contributed by atoms with Crippen LogP contribution < -0.4 is 10.9 Å². The van der Waals surface area contributed by atoms with Gasteiger partial charge < -0.3 is 5.32 Å². The maximum Gasteiger partial charge on any atom is 0.280 e. The molecule has 132 valence electrons. The number of thiazole rings is 1. The van der Waals surface area contributed by atoms with Crippen molar-refractivity contribution in [3.8, 4) is 21.8 Å². The molecule has 0 aliphatic heterocycles. The summed E-state index contributed by atoms with van der Waals surface area (Å²) in [5.74, 6) is -0.150. The molecule has 0 bridgehead atoms. The molecule has 0 atom stereocenters. The lowest BCUT2D eigenvalue weighted by Crippen LogP contribution is -2.25. The number of nitrogens with zero attached hydrogens (tertiary/aromatic N) is 2. The van der Waals surface area contributed by atoms with Crippen LogP contribution in [0.15, 0.2) is 41.2 Å². The number of nitrogens with one attached hydrogen (secondary N) is 2. The van der Waals surface area contributed by atoms with E-state index >= 15 is 0 Å². The van der Waals surface area contributed by atoms with Gasteiger partial charge >= 0.3 is 0 Å². The van der Waals surface area contributed by atoms with Gasteiger partial charge in [0.25, 0.3) is 11.5 Å². The van der Waals surface area contributed by atoms with Crippen LogP contribution in [-0.4, -0.2) is 27.1 Å². The molecule has 0 unspecified atom stereocenters. The summed E-state index contributed by atoms with van der Waals surface area (Å²) >= 11 is 1.31. The Kier molecular flexibility index (Phi) is 4.38. The van der Waals surface area contributed by atoms with E-state index in [1.807, 2.05) is 37.3 Å². The lowest BCUT2D eigenvalue weighted by Gasteiger charge is -2.05. The van der Waals surface area contributed by atoms with Gasteiger partial charge in [0.15, 0.2) is 5.01 Å². The molecular weight excluding hydrogens is 348 g/mol. The van der Waals surface area contributed by atoms with E-state index < -0.39 is 0 Å². The van der Waals surface area contributed by atoms with Gasteiger partial charge in [0.05, 0.1) is 10.6 Å². The number of carbonyl (C=O) groups excluding carboxylic acids is 1. The molecule has 1 aliphatic rings. The molecule has 0 saturated heterocycles. The molecule has 2 heterocycles. The van der Waals surface area contributed by atoms with Crippen LogP contribution in [0.3, 0.4) is 0 Å². The van der Waals surface area contributed by atoms with Crippen LogP contribution in [0.2, 0.25) is 0 Å². The zero-order chi connectivity index (χ0) is 18.1. The Bertz CT molecular complexity index is 1010. The minimum atomic E-state index is -0.233. The first-order valence-electron chi connectivity index (χ1n) is 8.61. The lowest BCUT2D eigenvalue weighted by molar-refractivity contribution is 0.0951. The van der Waals surface area contributed by atoms with Crippen molar-refractivity contribution in [2.75, 3.05) is 0 Å². The van der Waals surface area contributed by atoms with Crippen molar-refractivity contribution >= 4 is 17.2 Å². The molecule has 0 radical (unpaired) electrons. The second-order valence-corrected chi connectivity index (χ2v) is 7.27. The maximum absolute atomic E-state index is 12.5. The van der Waals surface area contributed by atoms with E-state index in [2.05, 4.69) is 20.5 Å². The standard InChI is InChI=1S/C19H18N4O2S/c1-2-11-10-14(24)22-23-16(11)17-15(12-6-4-3-5-7-12)21-19(26-17)18(25)20-13-8-9-13/h3-7,10,13H,2,8-9H2,1H3,(H,20,25)(H,22,24). The van der Waals surface area contributed by atoms with E-state index in [0.717, 1.165) is 28.8 Å². The van der Waals surface area contributed by atoms with E-state index in [9.17, 15) is 9.59 Å². The van der Waals surface area contributed by atoms with Gasteiger partial charge in [0.2, 0.25) is 0 Å². The molecule has 7 heteroatoms. The lowest BCUT2D eigenvalue weighted by atomic mass is 10.1. The number of hydrogen-bond donors (Lipinski definition) is 2. The Morgan fingerprint density at radius 1 is 1.27 bits per heavy atom. The molecular formula is C19H18N4O2S. The highest BCUT2D eigenvalue weighted by molar-refractivity contribution is 7.17. The maximum atomic E-state index is 12.5. The number of H-pyrrole nitrogens is 1. The third-order valence-electron chi connectivity index (χ3n) is 4.26. The molecule has 4 rings (SSSR count). The quantitative estimate of drug-likeness (QED) is 0.726. The minimum absolute atomic E-state index is 0.150. The number of hydrogen-bond acceptors (Lipinski definition) is 5. The molecule has 6 nitrogen and oxygen atoms in total. The molecule has 3 aromatic rings. The molecule has 26 heavy (non-hydrogen) atoms. The summed E-state index contributed by atoms with van der Waals surface area (Å²) < 4.78 is 0. The Hall–Kier alpha value is -2.80. The minimum Gasteiger partial charge on any atom is -0.347 e. The van der Waals surface area contributed by atoms with Gasteiger partial charge in [-0.3, -0.25) is 9.59 Å². The third-order valence-corrected chi connectivity index (χ3v) is 5.33. The van der Waals surface area contributed by atoms with Gasteiger partial charge in [0.1, 0.15) is 5.69 Å². The van der Waals surface area contributed by atoms with E-state index in [-0.39, 0.29) is 17.5 Å². The fourth-order valence-corrected chi connectivity index (χ4v) is 3.77. The van der Waals surface area contributed by atoms with Crippen molar-refractivity contribution in [3.05, 3.63) is 57.3 Å². The normalized spacial score (nSPS) is 13.6. The molecule has 2 aromatic heterocycles. The Morgan fingerprint density at radius 3 is 2.73 bits per heavy atom. The fraction of sp³-hybridized carbons (Fsp3) is 0.263. The SMILES string of the molecule is CCc1cc(=O)[nH]nc1-c1sc(C(=O)NC2CC2)nc1-c1ccccc1. The van der Waals surface area contributed by atoms with Crippen molar-refractivity contribution in [1.29, 1.82) is 0 Å². The van der Waals surface area contributed by atoms with Gasteiger partial charge in [0, 0.05) is 17.7 Å². The van der Waals surface area contributed by atoms with Crippen LogP contribution in [0.1, 0.15) is 35.1 Å². The number of benzene rings is 1. The highest BCUT2D eigenvalue weighted by Crippen LogP contribution is 2.37. The van der Waals surface area contributed by atoms with E-state index in [1.54, 1.807) is 6.07 Å². The van der Waals surface area contributed by atoms with E-state index in [4.69, 9.17) is 0 Å². The van der Waals surface area contributed by atoms with Crippen LogP contribution in [0.5, 0.6) is 0 Å². The summed E-state index contributed by atoms with van der Waals surface area (Å²) in [7, 11) is 0. The van der Waals surface area contributed by atoms with Crippen molar-refractivity contribution in [1.82, 2.24) is 20.5 Å². The molecule has 0 spiro atoms. The summed E-state index contributed by atoms with van der Waals surface area (Å²) in [4.78, 5) is 29.5. The van der Waals surface area contributed by atoms with Crippen molar-refractivity contribution < 1.29 is 4.79 Å². The predicted molar refractivity (Wildman–Crippen MR) is 101 cm³/mol. The van der Waals surface area contributed by atoms with Gasteiger partial charge in [-0.25, -0.2) is 10.1 Å². The first kappa shape index (κ1) is 16.7. The Morgan fingerprint density at radius 2 is 2.04 bits per heavy atom. The highest BCUT2D eigenvalue weighted by Gasteiger charge is 2.27. The number of carbonyl (C=O) groups is 1. The zero-order valence-electron chi connectivity index (χ0n) is 14.3. The molecule has 2 N–H and O–H groups in total. The fourth-order valence-electron chi connectivity index (χ4n) is 2.75. The molecule has 1 fully saturated rings. The van der Waals surface area contributed by atoms with Crippen LogP contribution in [0, 0.1) is 0 Å². The smallest absolute Gasteiger partial charge is 0.280 e. The van der Waals surface area contributed by atoms with Gasteiger partial charge in [-0.1, -0.05) is 37.3 Å². The zero-order valence-corrected chi connectivity index (χ0v) is 15.1. The average molecular weight is 366 g/mol. The summed E-state index contributed by atoms with van der Waals surface area (Å²) in [5.41, 5.74) is 2.91. The van der Waals surface area contributed by atoms with E-state index in [1.165, 1.54) is 11.3 Å². The summed E-state index contributed by atoms with van der Waals surface area (Å²) in [5, 5.41) is 10.2. The largest absolute Gasteiger partial charge is 0.347 e. The topological polar surface area (TPSA) is 87.7 Å². The molecule has 1 saturated carbocycles. The summed E-state index contributed by atoms with van der Waals surface area (Å²) in [6.45, 7) is 1.98. The Balaban J connectivity index is 1.85. The van der Waals surface area contributed by atoms with Crippen molar-refractivity contribution in [2.24, 2.45) is 0 Å². The van der Waals surface area contributed by atoms with Crippen LogP contribution in [0.25, 0.3) is 21.8 Å². The van der Waals surface area contributed by atoms with Gasteiger partial charge in [-0.2, -0.15) is 5.10 Å². The average Bonchev–Trinajstić information content (AvgIpc) is 3.36. The number of aromatic nitrogens is 3. The van der Waals surface area contributed by atoms with Gasteiger partial charge in [-0.05, 0) is 24.8 Å². The van der Waals surface area contributed by atoms with Crippen LogP contribution in [-0.2, 0) is 6.42 Å². The first-order chi connectivity index (χ1) is 12.7. The van der Waals surface area contributed by atoms with Crippen molar-refractivity contribution in [3.63, 3.8) is 0 Å². The number of rotatable bonds is 5. The molecule has 1 aromatic carbocycles. The van der Waals surface area contributed by atoms with Gasteiger partial charge in [-0.15, -0.1) is 11.3 Å².